The lowest BCUT2D eigenvalue weighted by Crippen LogP contribution is -2.26. The van der Waals surface area contributed by atoms with Crippen LogP contribution in [-0.4, -0.2) is 30.5 Å². The summed E-state index contributed by atoms with van der Waals surface area (Å²) < 4.78 is 4.40. The minimum absolute atomic E-state index is 0.0167. The Morgan fingerprint density at radius 3 is 2.67 bits per heavy atom. The molecule has 1 aromatic rings. The van der Waals surface area contributed by atoms with Gasteiger partial charge in [0.25, 0.3) is 11.6 Å². The molecule has 7 heteroatoms. The molecule has 0 bridgehead atoms. The molecule has 0 unspecified atom stereocenters. The first-order valence-electron chi connectivity index (χ1n) is 5.14. The fourth-order valence-electron chi connectivity index (χ4n) is 1.30. The molecule has 0 saturated carbocycles. The van der Waals surface area contributed by atoms with Gasteiger partial charge in [0.05, 0.1) is 18.5 Å². The average Bonchev–Trinajstić information content (AvgIpc) is 2.38. The smallest absolute Gasteiger partial charge is 0.307 e. The zero-order valence-electron chi connectivity index (χ0n) is 9.71. The molecule has 0 aliphatic heterocycles. The average molecular weight is 252 g/mol. The molecule has 1 N–H and O–H groups in total. The van der Waals surface area contributed by atoms with Gasteiger partial charge in [0.2, 0.25) is 0 Å². The third-order valence-corrected chi connectivity index (χ3v) is 2.19. The second-order valence-electron chi connectivity index (χ2n) is 3.36. The van der Waals surface area contributed by atoms with Crippen molar-refractivity contribution in [2.45, 2.75) is 6.42 Å². The summed E-state index contributed by atoms with van der Waals surface area (Å²) in [6, 6.07) is 5.60. The maximum absolute atomic E-state index is 11.7. The van der Waals surface area contributed by atoms with Crippen LogP contribution in [0.5, 0.6) is 0 Å². The van der Waals surface area contributed by atoms with Crippen LogP contribution in [0.25, 0.3) is 0 Å². The van der Waals surface area contributed by atoms with Crippen LogP contribution >= 0.6 is 0 Å². The van der Waals surface area contributed by atoms with E-state index in [4.69, 9.17) is 0 Å². The highest BCUT2D eigenvalue weighted by Crippen LogP contribution is 2.17. The maximum atomic E-state index is 11.7. The number of hydrogen-bond acceptors (Lipinski definition) is 5. The molecule has 0 aliphatic carbocycles. The van der Waals surface area contributed by atoms with E-state index in [2.05, 4.69) is 10.1 Å². The first kappa shape index (κ1) is 13.6. The molecular weight excluding hydrogens is 240 g/mol. The van der Waals surface area contributed by atoms with Crippen molar-refractivity contribution >= 4 is 17.6 Å². The molecule has 18 heavy (non-hydrogen) atoms. The van der Waals surface area contributed by atoms with Gasteiger partial charge in [-0.3, -0.25) is 19.7 Å². The van der Waals surface area contributed by atoms with Gasteiger partial charge in [0.15, 0.2) is 0 Å². The van der Waals surface area contributed by atoms with E-state index >= 15 is 0 Å². The van der Waals surface area contributed by atoms with Gasteiger partial charge in [-0.05, 0) is 6.07 Å². The second kappa shape index (κ2) is 6.33. The highest BCUT2D eigenvalue weighted by atomic mass is 16.6. The number of benzene rings is 1. The molecule has 0 aromatic heterocycles. The predicted molar refractivity (Wildman–Crippen MR) is 62.1 cm³/mol. The van der Waals surface area contributed by atoms with E-state index in [0.29, 0.717) is 0 Å². The molecule has 0 heterocycles. The van der Waals surface area contributed by atoms with Gasteiger partial charge in [-0.25, -0.2) is 0 Å². The topological polar surface area (TPSA) is 98.5 Å². The summed E-state index contributed by atoms with van der Waals surface area (Å²) >= 11 is 0. The number of hydrogen-bond donors (Lipinski definition) is 1. The van der Waals surface area contributed by atoms with E-state index in [9.17, 15) is 19.7 Å². The molecule has 1 rings (SSSR count). The van der Waals surface area contributed by atoms with Gasteiger partial charge in [-0.2, -0.15) is 0 Å². The van der Waals surface area contributed by atoms with E-state index in [1.54, 1.807) is 0 Å². The second-order valence-corrected chi connectivity index (χ2v) is 3.36. The number of carbonyl (C=O) groups excluding carboxylic acids is 2. The molecule has 0 spiro atoms. The molecule has 0 aliphatic rings. The van der Waals surface area contributed by atoms with Gasteiger partial charge >= 0.3 is 5.97 Å². The Labute approximate surface area is 103 Å². The van der Waals surface area contributed by atoms with Crippen LogP contribution in [0.3, 0.4) is 0 Å². The highest BCUT2D eigenvalue weighted by Gasteiger charge is 2.18. The van der Waals surface area contributed by atoms with E-state index < -0.39 is 16.8 Å². The SMILES string of the molecule is COC(=O)CCNC(=O)c1ccccc1[N+](=O)[O-]. The third kappa shape index (κ3) is 3.55. The quantitative estimate of drug-likeness (QED) is 0.476. The molecule has 0 fully saturated rings. The number of methoxy groups -OCH3 is 1. The van der Waals surface area contributed by atoms with Gasteiger partial charge in [0, 0.05) is 12.6 Å². The predicted octanol–water partition coefficient (Wildman–Crippen LogP) is 0.888. The summed E-state index contributed by atoms with van der Waals surface area (Å²) in [4.78, 5) is 32.6. The number of esters is 1. The van der Waals surface area contributed by atoms with Crippen molar-refractivity contribution in [2.24, 2.45) is 0 Å². The number of rotatable bonds is 5. The number of ether oxygens (including phenoxy) is 1. The minimum atomic E-state index is -0.630. The number of para-hydroxylation sites is 1. The van der Waals surface area contributed by atoms with Gasteiger partial charge in [0.1, 0.15) is 5.56 Å². The Hall–Kier alpha value is -2.44. The lowest BCUT2D eigenvalue weighted by atomic mass is 10.1. The van der Waals surface area contributed by atoms with Crippen molar-refractivity contribution in [2.75, 3.05) is 13.7 Å². The summed E-state index contributed by atoms with van der Waals surface area (Å²) in [5, 5.41) is 13.1. The Balaban J connectivity index is 2.67. The van der Waals surface area contributed by atoms with Crippen molar-refractivity contribution in [3.8, 4) is 0 Å². The molecule has 0 atom stereocenters. The highest BCUT2D eigenvalue weighted by molar-refractivity contribution is 5.98. The fraction of sp³-hybridized carbons (Fsp3) is 0.273. The van der Waals surface area contributed by atoms with Crippen molar-refractivity contribution in [1.82, 2.24) is 5.32 Å². The van der Waals surface area contributed by atoms with Crippen molar-refractivity contribution in [3.05, 3.63) is 39.9 Å². The number of amides is 1. The number of nitro benzene ring substituents is 1. The summed E-state index contributed by atoms with van der Waals surface area (Å²) in [7, 11) is 1.24. The largest absolute Gasteiger partial charge is 0.469 e. The van der Waals surface area contributed by atoms with Crippen molar-refractivity contribution < 1.29 is 19.2 Å². The van der Waals surface area contributed by atoms with Crippen LogP contribution in [0.4, 0.5) is 5.69 Å². The lowest BCUT2D eigenvalue weighted by Gasteiger charge is -2.04. The van der Waals surface area contributed by atoms with Crippen LogP contribution in [0.1, 0.15) is 16.8 Å². The Morgan fingerprint density at radius 2 is 2.06 bits per heavy atom. The van der Waals surface area contributed by atoms with E-state index in [-0.39, 0.29) is 24.2 Å². The Bertz CT molecular complexity index is 472. The summed E-state index contributed by atoms with van der Waals surface area (Å²) in [6.45, 7) is 0.0670. The number of nitrogens with zero attached hydrogens (tertiary/aromatic N) is 1. The monoisotopic (exact) mass is 252 g/mol. The van der Waals surface area contributed by atoms with E-state index in [1.165, 1.54) is 31.4 Å². The van der Waals surface area contributed by atoms with E-state index in [0.717, 1.165) is 0 Å². The summed E-state index contributed by atoms with van der Waals surface area (Å²) in [6.07, 6.45) is 0.0167. The molecule has 0 radical (unpaired) electrons. The van der Waals surface area contributed by atoms with Gasteiger partial charge in [-0.15, -0.1) is 0 Å². The van der Waals surface area contributed by atoms with Crippen molar-refractivity contribution in [1.29, 1.82) is 0 Å². The molecular formula is C11H12N2O5. The van der Waals surface area contributed by atoms with E-state index in [1.807, 2.05) is 0 Å². The first-order valence-corrected chi connectivity index (χ1v) is 5.14. The van der Waals surface area contributed by atoms with Crippen LogP contribution in [0.15, 0.2) is 24.3 Å². The van der Waals surface area contributed by atoms with Gasteiger partial charge in [-0.1, -0.05) is 12.1 Å². The zero-order valence-corrected chi connectivity index (χ0v) is 9.71. The van der Waals surface area contributed by atoms with Gasteiger partial charge < -0.3 is 10.1 Å². The lowest BCUT2D eigenvalue weighted by molar-refractivity contribution is -0.385. The molecule has 7 nitrogen and oxygen atoms in total. The molecule has 96 valence electrons. The molecule has 1 amide bonds. The van der Waals surface area contributed by atoms with Crippen LogP contribution in [0.2, 0.25) is 0 Å². The van der Waals surface area contributed by atoms with Crippen molar-refractivity contribution in [3.63, 3.8) is 0 Å². The maximum Gasteiger partial charge on any atom is 0.307 e. The zero-order chi connectivity index (χ0) is 13.5. The summed E-state index contributed by atoms with van der Waals surface area (Å²) in [5.41, 5.74) is -0.305. The normalized spacial score (nSPS) is 9.61. The fourth-order valence-corrected chi connectivity index (χ4v) is 1.30. The first-order chi connectivity index (χ1) is 8.56. The number of nitrogens with one attached hydrogen (secondary N) is 1. The molecule has 1 aromatic carbocycles. The standard InChI is InChI=1S/C11H12N2O5/c1-18-10(14)6-7-12-11(15)8-4-2-3-5-9(8)13(16)17/h2-5H,6-7H2,1H3,(H,12,15). The third-order valence-electron chi connectivity index (χ3n) is 2.19. The molecule has 0 saturated heterocycles. The van der Waals surface area contributed by atoms with Crippen LogP contribution in [0, 0.1) is 10.1 Å². The summed E-state index contributed by atoms with van der Waals surface area (Å²) in [5.74, 6) is -1.05. The van der Waals surface area contributed by atoms with Crippen LogP contribution < -0.4 is 5.32 Å². The number of nitro groups is 1. The number of carbonyl (C=O) groups is 2. The Kier molecular flexibility index (Phi) is 4.79. The Morgan fingerprint density at radius 1 is 1.39 bits per heavy atom. The minimum Gasteiger partial charge on any atom is -0.469 e. The van der Waals surface area contributed by atoms with Crippen LogP contribution in [-0.2, 0) is 9.53 Å².